The van der Waals surface area contributed by atoms with Gasteiger partial charge in [-0.05, 0) is 35.4 Å². The van der Waals surface area contributed by atoms with Crippen molar-refractivity contribution in [3.05, 3.63) is 47.5 Å². The fraction of sp³-hybridized carbons (Fsp3) is 0.556. The summed E-state index contributed by atoms with van der Waals surface area (Å²) in [6.45, 7) is 0.508. The number of benzene rings is 2. The maximum absolute atomic E-state index is 10.3. The monoisotopic (exact) mass is 534 g/mol. The van der Waals surface area contributed by atoms with Crippen molar-refractivity contribution in [2.45, 2.75) is 42.9 Å². The molecule has 3 fully saturated rings. The summed E-state index contributed by atoms with van der Waals surface area (Å²) in [6, 6.07) is 11.1. The lowest BCUT2D eigenvalue weighted by atomic mass is 9.85. The van der Waals surface area contributed by atoms with E-state index in [0.717, 1.165) is 11.1 Å². The van der Waals surface area contributed by atoms with Gasteiger partial charge in [0.05, 0.1) is 53.4 Å². The fourth-order valence-corrected chi connectivity index (χ4v) is 5.51. The summed E-state index contributed by atoms with van der Waals surface area (Å²) in [5.74, 6) is 2.21. The fourth-order valence-electron chi connectivity index (χ4n) is 5.51. The molecule has 5 rings (SSSR count). The normalized spacial score (nSPS) is 34.6. The van der Waals surface area contributed by atoms with Crippen LogP contribution < -0.4 is 18.9 Å². The molecule has 9 atom stereocenters. The Morgan fingerprint density at radius 1 is 0.711 bits per heavy atom. The molecular formula is C27H34O11. The Balaban J connectivity index is 1.31. The topological polar surface area (TPSA) is 146 Å². The van der Waals surface area contributed by atoms with Crippen molar-refractivity contribution >= 4 is 0 Å². The van der Waals surface area contributed by atoms with Gasteiger partial charge in [-0.15, -0.1) is 0 Å². The van der Waals surface area contributed by atoms with Gasteiger partial charge in [0.25, 0.3) is 0 Å². The van der Waals surface area contributed by atoms with Crippen LogP contribution in [-0.2, 0) is 14.2 Å². The molecule has 4 N–H and O–H groups in total. The van der Waals surface area contributed by atoms with Crippen LogP contribution in [0.5, 0.6) is 23.0 Å². The number of aliphatic hydroxyl groups is 4. The average Bonchev–Trinajstić information content (AvgIpc) is 3.55. The van der Waals surface area contributed by atoms with E-state index >= 15 is 0 Å². The lowest BCUT2D eigenvalue weighted by Gasteiger charge is -2.39. The smallest absolute Gasteiger partial charge is 0.229 e. The van der Waals surface area contributed by atoms with Crippen molar-refractivity contribution < 1.29 is 53.6 Å². The zero-order valence-electron chi connectivity index (χ0n) is 21.4. The lowest BCUT2D eigenvalue weighted by molar-refractivity contribution is -0.277. The van der Waals surface area contributed by atoms with E-state index in [9.17, 15) is 20.4 Å². The van der Waals surface area contributed by atoms with E-state index in [-0.39, 0.29) is 29.8 Å². The van der Waals surface area contributed by atoms with Crippen molar-refractivity contribution in [2.75, 3.05) is 41.2 Å². The molecule has 38 heavy (non-hydrogen) atoms. The third-order valence-corrected chi connectivity index (χ3v) is 7.61. The Hall–Kier alpha value is -2.64. The highest BCUT2D eigenvalue weighted by Crippen LogP contribution is 2.51. The first-order valence-electron chi connectivity index (χ1n) is 12.5. The van der Waals surface area contributed by atoms with Crippen LogP contribution in [0, 0.1) is 11.8 Å². The molecule has 3 aliphatic rings. The van der Waals surface area contributed by atoms with Gasteiger partial charge in [0, 0.05) is 11.8 Å². The van der Waals surface area contributed by atoms with Gasteiger partial charge in [-0.2, -0.15) is 0 Å². The van der Waals surface area contributed by atoms with Crippen molar-refractivity contribution in [1.82, 2.24) is 0 Å². The molecule has 0 spiro atoms. The van der Waals surface area contributed by atoms with Crippen LogP contribution in [0.2, 0.25) is 0 Å². The number of fused-ring (bicyclic) bond motifs is 1. The molecule has 11 nitrogen and oxygen atoms in total. The van der Waals surface area contributed by atoms with E-state index < -0.39 is 37.3 Å². The Morgan fingerprint density at radius 3 is 1.76 bits per heavy atom. The maximum Gasteiger partial charge on any atom is 0.229 e. The van der Waals surface area contributed by atoms with E-state index in [0.29, 0.717) is 30.5 Å². The molecule has 0 amide bonds. The highest BCUT2D eigenvalue weighted by molar-refractivity contribution is 5.45. The van der Waals surface area contributed by atoms with Crippen LogP contribution in [-0.4, -0.2) is 92.3 Å². The predicted octanol–water partition coefficient (Wildman–Crippen LogP) is 0.966. The van der Waals surface area contributed by atoms with Crippen LogP contribution in [0.15, 0.2) is 36.4 Å². The number of hydrogen-bond acceptors (Lipinski definition) is 11. The highest BCUT2D eigenvalue weighted by Gasteiger charge is 2.49. The first-order valence-corrected chi connectivity index (χ1v) is 12.5. The van der Waals surface area contributed by atoms with Gasteiger partial charge in [0.2, 0.25) is 6.29 Å². The maximum atomic E-state index is 10.3. The standard InChI is InChI=1S/C27H34O11/c1-32-17-6-4-13(8-19(17)33-2)25-15-11-36-26(16(15)12-35-25)14-5-7-18(20(9-14)34-3)37-27-24(31)23(30)22(29)21(10-28)38-27/h4-9,15-16,21-31H,10-12H2,1-3H3/t15?,16?,21?,22-,23?,24?,25-,26+,27-/m1/s1. The summed E-state index contributed by atoms with van der Waals surface area (Å²) in [5, 5.41) is 39.8. The summed E-state index contributed by atoms with van der Waals surface area (Å²) >= 11 is 0. The van der Waals surface area contributed by atoms with Crippen LogP contribution >= 0.6 is 0 Å². The van der Waals surface area contributed by atoms with Gasteiger partial charge in [-0.1, -0.05) is 12.1 Å². The summed E-state index contributed by atoms with van der Waals surface area (Å²) in [7, 11) is 4.69. The van der Waals surface area contributed by atoms with Crippen molar-refractivity contribution in [3.8, 4) is 23.0 Å². The number of aliphatic hydroxyl groups excluding tert-OH is 4. The second-order valence-electron chi connectivity index (χ2n) is 9.68. The van der Waals surface area contributed by atoms with Crippen LogP contribution in [0.3, 0.4) is 0 Å². The largest absolute Gasteiger partial charge is 0.493 e. The van der Waals surface area contributed by atoms with E-state index in [1.165, 1.54) is 7.11 Å². The molecule has 3 aliphatic heterocycles. The molecule has 2 aromatic rings. The summed E-state index contributed by atoms with van der Waals surface area (Å²) in [4.78, 5) is 0. The molecule has 0 aliphatic carbocycles. The lowest BCUT2D eigenvalue weighted by Crippen LogP contribution is -2.60. The third kappa shape index (κ3) is 4.79. The first kappa shape index (κ1) is 26.9. The molecule has 2 aromatic carbocycles. The van der Waals surface area contributed by atoms with Crippen molar-refractivity contribution in [2.24, 2.45) is 11.8 Å². The zero-order valence-corrected chi connectivity index (χ0v) is 21.4. The predicted molar refractivity (Wildman–Crippen MR) is 131 cm³/mol. The Bertz CT molecular complexity index is 1110. The second-order valence-corrected chi connectivity index (χ2v) is 9.68. The van der Waals surface area contributed by atoms with Crippen LogP contribution in [0.4, 0.5) is 0 Å². The number of ether oxygens (including phenoxy) is 7. The molecule has 0 radical (unpaired) electrons. The Morgan fingerprint density at radius 2 is 1.24 bits per heavy atom. The second kappa shape index (κ2) is 11.2. The minimum absolute atomic E-state index is 0.120. The van der Waals surface area contributed by atoms with Gasteiger partial charge >= 0.3 is 0 Å². The van der Waals surface area contributed by atoms with Gasteiger partial charge in [0.15, 0.2) is 23.0 Å². The van der Waals surface area contributed by atoms with Crippen molar-refractivity contribution in [1.29, 1.82) is 0 Å². The quantitative estimate of drug-likeness (QED) is 0.384. The van der Waals surface area contributed by atoms with E-state index in [1.54, 1.807) is 26.4 Å². The van der Waals surface area contributed by atoms with E-state index in [1.807, 2.05) is 24.3 Å². The van der Waals surface area contributed by atoms with E-state index in [4.69, 9.17) is 33.2 Å². The Labute approximate surface area is 220 Å². The number of rotatable bonds is 8. The zero-order chi connectivity index (χ0) is 27.0. The molecule has 208 valence electrons. The SMILES string of the molecule is COc1ccc([C@H]2OCC3C2CO[C@H]3c2ccc(O[C@@H]3OC(CO)[C@@H](O)C(O)C3O)c(OC)c2)cc1OC. The molecule has 0 saturated carbocycles. The molecule has 0 aromatic heterocycles. The molecular weight excluding hydrogens is 500 g/mol. The molecule has 11 heteroatoms. The van der Waals surface area contributed by atoms with Crippen LogP contribution in [0.25, 0.3) is 0 Å². The number of methoxy groups -OCH3 is 3. The molecule has 0 bridgehead atoms. The van der Waals surface area contributed by atoms with Gasteiger partial charge in [0.1, 0.15) is 24.4 Å². The van der Waals surface area contributed by atoms with Crippen molar-refractivity contribution in [3.63, 3.8) is 0 Å². The van der Waals surface area contributed by atoms with Gasteiger partial charge < -0.3 is 53.6 Å². The summed E-state index contributed by atoms with van der Waals surface area (Å²) < 4.78 is 40.1. The summed E-state index contributed by atoms with van der Waals surface area (Å²) in [6.07, 6.45) is -7.29. The van der Waals surface area contributed by atoms with Gasteiger partial charge in [-0.25, -0.2) is 0 Å². The summed E-state index contributed by atoms with van der Waals surface area (Å²) in [5.41, 5.74) is 1.88. The minimum atomic E-state index is -1.54. The van der Waals surface area contributed by atoms with E-state index in [2.05, 4.69) is 0 Å². The highest BCUT2D eigenvalue weighted by atomic mass is 16.7. The average molecular weight is 535 g/mol. The Kier molecular flexibility index (Phi) is 7.96. The minimum Gasteiger partial charge on any atom is -0.493 e. The molecule has 3 heterocycles. The van der Waals surface area contributed by atoms with Crippen LogP contribution in [0.1, 0.15) is 23.3 Å². The molecule has 3 saturated heterocycles. The van der Waals surface area contributed by atoms with Gasteiger partial charge in [-0.3, -0.25) is 0 Å². The molecule has 5 unspecified atom stereocenters. The first-order chi connectivity index (χ1) is 18.4. The third-order valence-electron chi connectivity index (χ3n) is 7.61. The number of hydrogen-bond donors (Lipinski definition) is 4.